The van der Waals surface area contributed by atoms with Crippen LogP contribution in [0.1, 0.15) is 62.0 Å². The number of ether oxygens (including phenoxy) is 2. The van der Waals surface area contributed by atoms with Crippen molar-refractivity contribution < 1.29 is 19.1 Å². The zero-order chi connectivity index (χ0) is 26.5. The molecule has 1 aromatic rings. The molecule has 0 spiro atoms. The van der Waals surface area contributed by atoms with Crippen LogP contribution in [0.4, 0.5) is 9.59 Å². The van der Waals surface area contributed by atoms with Crippen LogP contribution in [0.15, 0.2) is 24.3 Å². The first-order chi connectivity index (χ1) is 18.5. The molecule has 4 bridgehead atoms. The lowest BCUT2D eigenvalue weighted by molar-refractivity contribution is 0.0655. The Kier molecular flexibility index (Phi) is 9.10. The van der Waals surface area contributed by atoms with E-state index in [9.17, 15) is 9.59 Å². The first-order valence-electron chi connectivity index (χ1n) is 14.7. The Morgan fingerprint density at radius 2 is 1.87 bits per heavy atom. The Morgan fingerprint density at radius 3 is 2.63 bits per heavy atom. The Hall–Kier alpha value is -2.32. The van der Waals surface area contributed by atoms with Gasteiger partial charge in [0, 0.05) is 38.6 Å². The fourth-order valence-corrected chi connectivity index (χ4v) is 8.05. The van der Waals surface area contributed by atoms with Gasteiger partial charge >= 0.3 is 12.1 Å². The number of nitrogens with zero attached hydrogens (tertiary/aromatic N) is 1. The van der Waals surface area contributed by atoms with Gasteiger partial charge in [-0.25, -0.2) is 9.59 Å². The molecule has 1 aliphatic heterocycles. The smallest absolute Gasteiger partial charge is 0.406 e. The van der Waals surface area contributed by atoms with E-state index in [4.69, 9.17) is 9.47 Å². The van der Waals surface area contributed by atoms with Gasteiger partial charge in [-0.2, -0.15) is 0 Å². The molecule has 8 heteroatoms. The van der Waals surface area contributed by atoms with E-state index >= 15 is 0 Å². The van der Waals surface area contributed by atoms with E-state index in [0.29, 0.717) is 19.1 Å². The van der Waals surface area contributed by atoms with Crippen molar-refractivity contribution in [1.29, 1.82) is 0 Å². The molecule has 0 unspecified atom stereocenters. The van der Waals surface area contributed by atoms with E-state index in [-0.39, 0.29) is 18.7 Å². The van der Waals surface area contributed by atoms with E-state index in [2.05, 4.69) is 40.2 Å². The van der Waals surface area contributed by atoms with Gasteiger partial charge in [0.05, 0.1) is 13.2 Å². The zero-order valence-corrected chi connectivity index (χ0v) is 23.1. The van der Waals surface area contributed by atoms with E-state index in [0.717, 1.165) is 74.0 Å². The standard InChI is InChI=1S/C30H46N4O4/c1-31-17-26(16-28-25-13-21-12-24(15-25)27(28)14-21)33-29(35)34-9-3-4-23(18-34)22-7-5-20(6-8-22)19-37-10-11-38-30(36)32-2/h5-8,21,23-28,31H,3-4,9-19H2,1-2H3,(H,32,36)(H,33,35)/t21-,23-,24-,25-,26-,27-,28-/m0/s1. The highest BCUT2D eigenvalue weighted by Crippen LogP contribution is 2.62. The second-order valence-corrected chi connectivity index (χ2v) is 12.1. The molecule has 7 atom stereocenters. The fourth-order valence-electron chi connectivity index (χ4n) is 8.05. The van der Waals surface area contributed by atoms with Crippen molar-refractivity contribution in [2.24, 2.45) is 29.6 Å². The number of benzene rings is 1. The number of carbonyl (C=O) groups excluding carboxylic acids is 2. The molecule has 1 saturated heterocycles. The van der Waals surface area contributed by atoms with Gasteiger partial charge in [0.1, 0.15) is 6.61 Å². The maximum Gasteiger partial charge on any atom is 0.406 e. The summed E-state index contributed by atoms with van der Waals surface area (Å²) < 4.78 is 10.5. The summed E-state index contributed by atoms with van der Waals surface area (Å²) in [5, 5.41) is 9.18. The molecule has 1 aromatic carbocycles. The average molecular weight is 527 g/mol. The van der Waals surface area contributed by atoms with Crippen LogP contribution in [-0.2, 0) is 16.1 Å². The molecule has 3 N–H and O–H groups in total. The average Bonchev–Trinajstić information content (AvgIpc) is 3.35. The number of amides is 3. The number of piperidine rings is 1. The molecule has 5 aliphatic rings. The molecular formula is C30H46N4O4. The number of likely N-dealkylation sites (N-methyl/N-ethyl adjacent to an activating group) is 1. The van der Waals surface area contributed by atoms with Crippen molar-refractivity contribution in [2.45, 2.75) is 63.5 Å². The summed E-state index contributed by atoms with van der Waals surface area (Å²) in [4.78, 5) is 26.5. The minimum absolute atomic E-state index is 0.103. The minimum atomic E-state index is -0.446. The zero-order valence-electron chi connectivity index (χ0n) is 23.1. The second-order valence-electron chi connectivity index (χ2n) is 12.1. The number of urea groups is 1. The van der Waals surface area contributed by atoms with Crippen LogP contribution < -0.4 is 16.0 Å². The van der Waals surface area contributed by atoms with Crippen LogP contribution in [0.3, 0.4) is 0 Å². The van der Waals surface area contributed by atoms with Crippen molar-refractivity contribution in [3.8, 4) is 0 Å². The van der Waals surface area contributed by atoms with Gasteiger partial charge in [0.25, 0.3) is 0 Å². The molecule has 0 aromatic heterocycles. The van der Waals surface area contributed by atoms with Gasteiger partial charge in [-0.3, -0.25) is 0 Å². The van der Waals surface area contributed by atoms with Gasteiger partial charge in [-0.1, -0.05) is 24.3 Å². The van der Waals surface area contributed by atoms with Crippen LogP contribution in [0.2, 0.25) is 0 Å². The molecular weight excluding hydrogens is 480 g/mol. The van der Waals surface area contributed by atoms with Gasteiger partial charge in [0.15, 0.2) is 0 Å². The lowest BCUT2D eigenvalue weighted by atomic mass is 9.73. The highest BCUT2D eigenvalue weighted by molar-refractivity contribution is 5.74. The summed E-state index contributed by atoms with van der Waals surface area (Å²) in [6, 6.07) is 8.84. The third-order valence-corrected chi connectivity index (χ3v) is 9.67. The highest BCUT2D eigenvalue weighted by atomic mass is 16.6. The number of hydrogen-bond acceptors (Lipinski definition) is 5. The predicted molar refractivity (Wildman–Crippen MR) is 147 cm³/mol. The molecule has 4 saturated carbocycles. The lowest BCUT2D eigenvalue weighted by Gasteiger charge is -2.37. The molecule has 0 radical (unpaired) electrons. The maximum absolute atomic E-state index is 13.4. The van der Waals surface area contributed by atoms with Crippen molar-refractivity contribution in [1.82, 2.24) is 20.9 Å². The van der Waals surface area contributed by atoms with Crippen LogP contribution >= 0.6 is 0 Å². The molecule has 3 amide bonds. The predicted octanol–water partition coefficient (Wildman–Crippen LogP) is 4.11. The monoisotopic (exact) mass is 526 g/mol. The third-order valence-electron chi connectivity index (χ3n) is 9.67. The third kappa shape index (κ3) is 6.45. The molecule has 5 fully saturated rings. The van der Waals surface area contributed by atoms with Crippen LogP contribution in [0.25, 0.3) is 0 Å². The summed E-state index contributed by atoms with van der Waals surface area (Å²) in [5.41, 5.74) is 2.36. The van der Waals surface area contributed by atoms with E-state index in [1.54, 1.807) is 0 Å². The number of nitrogens with one attached hydrogen (secondary N) is 3. The summed E-state index contributed by atoms with van der Waals surface area (Å²) in [6.07, 6.45) is 8.60. The highest BCUT2D eigenvalue weighted by Gasteiger charge is 2.53. The molecule has 1 heterocycles. The number of hydrogen-bond donors (Lipinski definition) is 3. The number of rotatable bonds is 11. The lowest BCUT2D eigenvalue weighted by Crippen LogP contribution is -2.51. The van der Waals surface area contributed by atoms with Crippen molar-refractivity contribution in [2.75, 3.05) is 46.9 Å². The maximum atomic E-state index is 13.4. The summed E-state index contributed by atoms with van der Waals surface area (Å²) in [5.74, 6) is 4.94. The van der Waals surface area contributed by atoms with Gasteiger partial charge < -0.3 is 30.3 Å². The van der Waals surface area contributed by atoms with Crippen LogP contribution in [0.5, 0.6) is 0 Å². The Balaban J connectivity index is 1.09. The van der Waals surface area contributed by atoms with Gasteiger partial charge in [0.2, 0.25) is 0 Å². The van der Waals surface area contributed by atoms with E-state index in [1.807, 2.05) is 11.9 Å². The largest absolute Gasteiger partial charge is 0.447 e. The second kappa shape index (κ2) is 12.7. The molecule has 8 nitrogen and oxygen atoms in total. The minimum Gasteiger partial charge on any atom is -0.447 e. The molecule has 4 aliphatic carbocycles. The number of likely N-dealkylation sites (tertiary alicyclic amines) is 1. The van der Waals surface area contributed by atoms with Crippen LogP contribution in [0, 0.1) is 29.6 Å². The summed E-state index contributed by atoms with van der Waals surface area (Å²) in [7, 11) is 3.53. The van der Waals surface area contributed by atoms with E-state index in [1.165, 1.54) is 38.3 Å². The SMILES string of the molecule is CNC[C@H](C[C@H]1[C@H]2C[C@@H]3C[C@@H](C2)[C@@H]1C3)NC(=O)N1CCC[C@H](c2ccc(COCCOC(=O)NC)cc2)C1. The van der Waals surface area contributed by atoms with Crippen molar-refractivity contribution in [3.63, 3.8) is 0 Å². The summed E-state index contributed by atoms with van der Waals surface area (Å²) >= 11 is 0. The van der Waals surface area contributed by atoms with Gasteiger partial charge in [-0.15, -0.1) is 0 Å². The normalized spacial score (nSPS) is 30.3. The number of carbonyl (C=O) groups is 2. The van der Waals surface area contributed by atoms with Crippen molar-refractivity contribution in [3.05, 3.63) is 35.4 Å². The first-order valence-corrected chi connectivity index (χ1v) is 14.7. The Labute approximate surface area is 227 Å². The molecule has 6 rings (SSSR count). The molecule has 210 valence electrons. The quantitative estimate of drug-likeness (QED) is 0.378. The topological polar surface area (TPSA) is 91.9 Å². The first kappa shape index (κ1) is 27.3. The summed E-state index contributed by atoms with van der Waals surface area (Å²) in [6.45, 7) is 3.51. The Morgan fingerprint density at radius 1 is 1.05 bits per heavy atom. The fraction of sp³-hybridized carbons (Fsp3) is 0.733. The van der Waals surface area contributed by atoms with Crippen molar-refractivity contribution >= 4 is 12.1 Å². The Bertz CT molecular complexity index is 937. The van der Waals surface area contributed by atoms with Gasteiger partial charge in [-0.05, 0) is 92.7 Å². The number of alkyl carbamates (subject to hydrolysis) is 1. The molecule has 38 heavy (non-hydrogen) atoms. The van der Waals surface area contributed by atoms with Crippen LogP contribution in [-0.4, -0.2) is 70.0 Å². The van der Waals surface area contributed by atoms with E-state index < -0.39 is 6.09 Å².